The van der Waals surface area contributed by atoms with E-state index in [2.05, 4.69) is 0 Å². The minimum atomic E-state index is -0.246. The monoisotopic (exact) mass is 229 g/mol. The Morgan fingerprint density at radius 3 is 2.53 bits per heavy atom. The molecule has 84 valence electrons. The Bertz CT molecular complexity index is 288. The van der Waals surface area contributed by atoms with Gasteiger partial charge in [0.15, 0.2) is 0 Å². The number of rotatable bonds is 4. The van der Waals surface area contributed by atoms with Gasteiger partial charge in [-0.2, -0.15) is 0 Å². The molecule has 0 fully saturated rings. The SMILES string of the molecule is CC(N)CC(=O)OCc1ccccc1.Cl. The summed E-state index contributed by atoms with van der Waals surface area (Å²) in [5.74, 6) is -0.246. The van der Waals surface area contributed by atoms with E-state index in [4.69, 9.17) is 10.5 Å². The number of hydrogen-bond donors (Lipinski definition) is 1. The van der Waals surface area contributed by atoms with E-state index in [-0.39, 0.29) is 30.8 Å². The van der Waals surface area contributed by atoms with Crippen molar-refractivity contribution in [3.05, 3.63) is 35.9 Å². The summed E-state index contributed by atoms with van der Waals surface area (Å²) in [7, 11) is 0. The van der Waals surface area contributed by atoms with Gasteiger partial charge in [-0.3, -0.25) is 4.79 Å². The lowest BCUT2D eigenvalue weighted by Gasteiger charge is -2.06. The van der Waals surface area contributed by atoms with Gasteiger partial charge in [0.25, 0.3) is 0 Å². The second-order valence-corrected chi connectivity index (χ2v) is 3.33. The fourth-order valence-corrected chi connectivity index (χ4v) is 1.06. The molecule has 0 heterocycles. The van der Waals surface area contributed by atoms with E-state index in [0.29, 0.717) is 6.61 Å². The summed E-state index contributed by atoms with van der Waals surface area (Å²) < 4.78 is 5.02. The first kappa shape index (κ1) is 13.9. The third kappa shape index (κ3) is 6.10. The fraction of sp³-hybridized carbons (Fsp3) is 0.364. The molecule has 0 aliphatic rings. The van der Waals surface area contributed by atoms with E-state index < -0.39 is 0 Å². The molecular formula is C11H16ClNO2. The third-order valence-corrected chi connectivity index (χ3v) is 1.73. The van der Waals surface area contributed by atoms with E-state index in [1.54, 1.807) is 6.92 Å². The van der Waals surface area contributed by atoms with Crippen molar-refractivity contribution in [1.29, 1.82) is 0 Å². The van der Waals surface area contributed by atoms with Gasteiger partial charge in [0.2, 0.25) is 0 Å². The van der Waals surface area contributed by atoms with E-state index >= 15 is 0 Å². The molecule has 0 aliphatic heterocycles. The highest BCUT2D eigenvalue weighted by Gasteiger charge is 2.05. The molecule has 0 aromatic heterocycles. The summed E-state index contributed by atoms with van der Waals surface area (Å²) in [6.07, 6.45) is 0.271. The van der Waals surface area contributed by atoms with E-state index in [1.807, 2.05) is 30.3 Å². The van der Waals surface area contributed by atoms with Crippen LogP contribution in [0.1, 0.15) is 18.9 Å². The second-order valence-electron chi connectivity index (χ2n) is 3.33. The van der Waals surface area contributed by atoms with Crippen LogP contribution in [0.4, 0.5) is 0 Å². The zero-order chi connectivity index (χ0) is 10.4. The third-order valence-electron chi connectivity index (χ3n) is 1.73. The number of ether oxygens (including phenoxy) is 1. The zero-order valence-electron chi connectivity index (χ0n) is 8.68. The van der Waals surface area contributed by atoms with Crippen molar-refractivity contribution in [2.75, 3.05) is 0 Å². The summed E-state index contributed by atoms with van der Waals surface area (Å²) in [5.41, 5.74) is 6.45. The van der Waals surface area contributed by atoms with Crippen LogP contribution in [0.5, 0.6) is 0 Å². The first-order chi connectivity index (χ1) is 6.68. The first-order valence-electron chi connectivity index (χ1n) is 4.63. The normalized spacial score (nSPS) is 11.3. The number of carbonyl (C=O) groups excluding carboxylic acids is 1. The van der Waals surface area contributed by atoms with Crippen molar-refractivity contribution in [2.45, 2.75) is 26.0 Å². The zero-order valence-corrected chi connectivity index (χ0v) is 9.50. The van der Waals surface area contributed by atoms with Crippen LogP contribution in [0.3, 0.4) is 0 Å². The minimum Gasteiger partial charge on any atom is -0.461 e. The standard InChI is InChI=1S/C11H15NO2.ClH/c1-9(12)7-11(13)14-8-10-5-3-2-4-6-10;/h2-6,9H,7-8,12H2,1H3;1H. The predicted octanol–water partition coefficient (Wildman–Crippen LogP) is 1.89. The molecule has 1 rings (SSSR count). The lowest BCUT2D eigenvalue weighted by molar-refractivity contribution is -0.145. The van der Waals surface area contributed by atoms with Crippen molar-refractivity contribution < 1.29 is 9.53 Å². The molecule has 0 saturated carbocycles. The number of carbonyl (C=O) groups is 1. The first-order valence-corrected chi connectivity index (χ1v) is 4.63. The minimum absolute atomic E-state index is 0. The van der Waals surface area contributed by atoms with Crippen LogP contribution in [-0.2, 0) is 16.1 Å². The molecule has 3 nitrogen and oxygen atoms in total. The number of nitrogens with two attached hydrogens (primary N) is 1. The van der Waals surface area contributed by atoms with Crippen LogP contribution in [0.15, 0.2) is 30.3 Å². The molecule has 1 aromatic rings. The Balaban J connectivity index is 0.00000196. The molecule has 0 spiro atoms. The molecule has 0 saturated heterocycles. The van der Waals surface area contributed by atoms with Gasteiger partial charge >= 0.3 is 5.97 Å². The molecule has 1 unspecified atom stereocenters. The maximum Gasteiger partial charge on any atom is 0.307 e. The topological polar surface area (TPSA) is 52.3 Å². The summed E-state index contributed by atoms with van der Waals surface area (Å²) >= 11 is 0. The van der Waals surface area contributed by atoms with Crippen LogP contribution in [0.2, 0.25) is 0 Å². The maximum absolute atomic E-state index is 11.1. The Hall–Kier alpha value is -1.06. The van der Waals surface area contributed by atoms with Crippen molar-refractivity contribution in [3.8, 4) is 0 Å². The second kappa shape index (κ2) is 7.26. The van der Waals surface area contributed by atoms with Crippen LogP contribution in [0.25, 0.3) is 0 Å². The number of halogens is 1. The molecule has 1 atom stereocenters. The molecule has 1 aromatic carbocycles. The van der Waals surface area contributed by atoms with Crippen molar-refractivity contribution >= 4 is 18.4 Å². The highest BCUT2D eigenvalue weighted by Crippen LogP contribution is 2.02. The molecule has 0 amide bonds. The van der Waals surface area contributed by atoms with Gasteiger partial charge in [0.1, 0.15) is 6.61 Å². The van der Waals surface area contributed by atoms with Crippen molar-refractivity contribution in [2.24, 2.45) is 5.73 Å². The molecule has 0 aliphatic carbocycles. The van der Waals surface area contributed by atoms with Gasteiger partial charge in [-0.1, -0.05) is 30.3 Å². The summed E-state index contributed by atoms with van der Waals surface area (Å²) in [4.78, 5) is 11.1. The Morgan fingerprint density at radius 2 is 2.00 bits per heavy atom. The van der Waals surface area contributed by atoms with Gasteiger partial charge in [-0.05, 0) is 12.5 Å². The maximum atomic E-state index is 11.1. The fourth-order valence-electron chi connectivity index (χ4n) is 1.06. The van der Waals surface area contributed by atoms with Gasteiger partial charge < -0.3 is 10.5 Å². The Morgan fingerprint density at radius 1 is 1.40 bits per heavy atom. The van der Waals surface area contributed by atoms with E-state index in [1.165, 1.54) is 0 Å². The predicted molar refractivity (Wildman–Crippen MR) is 61.8 cm³/mol. The van der Waals surface area contributed by atoms with Crippen LogP contribution in [0, 0.1) is 0 Å². The van der Waals surface area contributed by atoms with Crippen LogP contribution in [-0.4, -0.2) is 12.0 Å². The smallest absolute Gasteiger partial charge is 0.307 e. The van der Waals surface area contributed by atoms with Gasteiger partial charge in [0, 0.05) is 6.04 Å². The molecular weight excluding hydrogens is 214 g/mol. The van der Waals surface area contributed by atoms with Crippen molar-refractivity contribution in [3.63, 3.8) is 0 Å². The summed E-state index contributed by atoms with van der Waals surface area (Å²) in [5, 5.41) is 0. The Kier molecular flexibility index (Phi) is 6.75. The molecule has 4 heteroatoms. The average Bonchev–Trinajstić information content (AvgIpc) is 2.15. The number of hydrogen-bond acceptors (Lipinski definition) is 3. The molecule has 0 bridgehead atoms. The Labute approximate surface area is 96.0 Å². The van der Waals surface area contributed by atoms with Crippen molar-refractivity contribution in [1.82, 2.24) is 0 Å². The van der Waals surface area contributed by atoms with Crippen LogP contribution >= 0.6 is 12.4 Å². The summed E-state index contributed by atoms with van der Waals surface area (Å²) in [6.45, 7) is 2.11. The molecule has 0 radical (unpaired) electrons. The van der Waals surface area contributed by atoms with Gasteiger partial charge in [-0.25, -0.2) is 0 Å². The van der Waals surface area contributed by atoms with E-state index in [0.717, 1.165) is 5.56 Å². The highest BCUT2D eigenvalue weighted by molar-refractivity contribution is 5.85. The van der Waals surface area contributed by atoms with Gasteiger partial charge in [0.05, 0.1) is 6.42 Å². The lowest BCUT2D eigenvalue weighted by atomic mass is 10.2. The average molecular weight is 230 g/mol. The highest BCUT2D eigenvalue weighted by atomic mass is 35.5. The molecule has 2 N–H and O–H groups in total. The largest absolute Gasteiger partial charge is 0.461 e. The van der Waals surface area contributed by atoms with Crippen LogP contribution < -0.4 is 5.73 Å². The number of benzene rings is 1. The summed E-state index contributed by atoms with van der Waals surface area (Å²) in [6, 6.07) is 9.44. The van der Waals surface area contributed by atoms with E-state index in [9.17, 15) is 4.79 Å². The van der Waals surface area contributed by atoms with Gasteiger partial charge in [-0.15, -0.1) is 12.4 Å². The molecule has 15 heavy (non-hydrogen) atoms. The number of esters is 1. The lowest BCUT2D eigenvalue weighted by Crippen LogP contribution is -2.20. The quantitative estimate of drug-likeness (QED) is 0.803.